The van der Waals surface area contributed by atoms with Crippen LogP contribution in [-0.4, -0.2) is 27.8 Å². The van der Waals surface area contributed by atoms with E-state index in [2.05, 4.69) is 19.4 Å². The van der Waals surface area contributed by atoms with Crippen molar-refractivity contribution in [2.75, 3.05) is 0 Å². The Morgan fingerprint density at radius 2 is 1.85 bits per heavy atom. The zero-order valence-electron chi connectivity index (χ0n) is 18.4. The summed E-state index contributed by atoms with van der Waals surface area (Å²) in [7, 11) is 0. The summed E-state index contributed by atoms with van der Waals surface area (Å²) in [5.41, 5.74) is 1.85. The van der Waals surface area contributed by atoms with Gasteiger partial charge < -0.3 is 14.5 Å². The molecule has 3 heterocycles. The van der Waals surface area contributed by atoms with E-state index >= 15 is 0 Å². The third-order valence-corrected chi connectivity index (χ3v) is 6.29. The molecule has 0 atom stereocenters. The number of H-pyrrole nitrogens is 1. The third kappa shape index (κ3) is 3.76. The highest BCUT2D eigenvalue weighted by Crippen LogP contribution is 2.52. The molecule has 176 valence electrons. The number of hydrogen-bond donors (Lipinski definition) is 1. The molecule has 34 heavy (non-hydrogen) atoms. The number of aromatic amines is 1. The molecule has 1 aliphatic heterocycles. The number of nitrogens with one attached hydrogen (secondary N) is 1. The maximum atomic E-state index is 13.4. The van der Waals surface area contributed by atoms with Crippen LogP contribution in [0.4, 0.5) is 8.78 Å². The van der Waals surface area contributed by atoms with Gasteiger partial charge in [-0.1, -0.05) is 12.1 Å². The molecule has 1 saturated carbocycles. The maximum Gasteiger partial charge on any atom is 0.586 e. The molecule has 0 saturated heterocycles. The van der Waals surface area contributed by atoms with Crippen LogP contribution in [0.1, 0.15) is 48.4 Å². The minimum atomic E-state index is -3.71. The predicted octanol–water partition coefficient (Wildman–Crippen LogP) is 4.36. The van der Waals surface area contributed by atoms with Crippen LogP contribution in [0.2, 0.25) is 0 Å². The predicted molar refractivity (Wildman–Crippen MR) is 119 cm³/mol. The van der Waals surface area contributed by atoms with E-state index in [1.807, 2.05) is 13.0 Å². The zero-order chi connectivity index (χ0) is 24.3. The van der Waals surface area contributed by atoms with Crippen molar-refractivity contribution < 1.29 is 29.3 Å². The summed E-state index contributed by atoms with van der Waals surface area (Å²) in [6, 6.07) is 9.53. The van der Waals surface area contributed by atoms with Gasteiger partial charge in [-0.3, -0.25) is 19.4 Å². The van der Waals surface area contributed by atoms with E-state index < -0.39 is 17.3 Å². The Balaban J connectivity index is 0.00000289. The molecule has 1 fully saturated rings. The monoisotopic (exact) mass is 468 g/mol. The molecule has 2 aromatic heterocycles. The lowest BCUT2D eigenvalue weighted by atomic mass is 9.88. The number of benzene rings is 1. The Morgan fingerprint density at radius 3 is 2.56 bits per heavy atom. The number of Topliss-reactive ketones (excluding diaryl/α,β-unsaturated/α-hetero) is 2. The molecule has 9 heteroatoms. The summed E-state index contributed by atoms with van der Waals surface area (Å²) in [5.74, 6) is -0.583. The topological polar surface area (TPSA) is 98.3 Å². The minimum absolute atomic E-state index is 0. The largest absolute Gasteiger partial charge is 0.586 e. The van der Waals surface area contributed by atoms with Crippen molar-refractivity contribution in [3.8, 4) is 22.8 Å². The van der Waals surface area contributed by atoms with Crippen LogP contribution in [0.15, 0.2) is 47.4 Å². The van der Waals surface area contributed by atoms with Gasteiger partial charge in [-0.05, 0) is 62.1 Å². The molecular formula is C25H22F2N2O5. The standard InChI is InChI=1S/C25H20F2N2O5.H2/c1-13-3-5-17(29-22(13)15-9-18(14(2)30)23(32)28-12-15)11-21(31)24(7-8-24)16-4-6-19-20(10-16)34-25(26,27)33-19;/h3-6,9-10,12H,7-8,11H2,1-2H3,(H,28,32);1H. The van der Waals surface area contributed by atoms with Gasteiger partial charge in [0.25, 0.3) is 5.56 Å². The van der Waals surface area contributed by atoms with Crippen LogP contribution >= 0.6 is 0 Å². The lowest BCUT2D eigenvalue weighted by Crippen LogP contribution is -2.26. The number of ketones is 2. The van der Waals surface area contributed by atoms with E-state index in [1.54, 1.807) is 12.1 Å². The second-order valence-electron chi connectivity index (χ2n) is 8.67. The van der Waals surface area contributed by atoms with Crippen LogP contribution in [0, 0.1) is 6.92 Å². The number of aryl methyl sites for hydroxylation is 1. The van der Waals surface area contributed by atoms with Gasteiger partial charge in [0.05, 0.1) is 16.7 Å². The summed E-state index contributed by atoms with van der Waals surface area (Å²) in [5, 5.41) is 0. The first-order chi connectivity index (χ1) is 16.1. The molecular weight excluding hydrogens is 446 g/mol. The third-order valence-electron chi connectivity index (χ3n) is 6.29. The van der Waals surface area contributed by atoms with E-state index in [-0.39, 0.29) is 36.5 Å². The average Bonchev–Trinajstić information content (AvgIpc) is 3.52. The van der Waals surface area contributed by atoms with Gasteiger partial charge in [-0.15, -0.1) is 8.78 Å². The fraction of sp³-hybridized carbons (Fsp3) is 0.280. The van der Waals surface area contributed by atoms with Crippen molar-refractivity contribution >= 4 is 11.6 Å². The highest BCUT2D eigenvalue weighted by Gasteiger charge is 2.52. The van der Waals surface area contributed by atoms with Gasteiger partial charge in [0.15, 0.2) is 17.3 Å². The Labute approximate surface area is 194 Å². The molecule has 3 aromatic rings. The molecule has 0 spiro atoms. The number of alkyl halides is 2. The number of nitrogens with zero attached hydrogens (tertiary/aromatic N) is 1. The molecule has 0 amide bonds. The molecule has 5 rings (SSSR count). The van der Waals surface area contributed by atoms with E-state index in [0.717, 1.165) is 5.56 Å². The van der Waals surface area contributed by atoms with Crippen molar-refractivity contribution in [2.24, 2.45) is 0 Å². The number of halogens is 2. The number of aromatic nitrogens is 2. The highest BCUT2D eigenvalue weighted by molar-refractivity contribution is 5.95. The van der Waals surface area contributed by atoms with Gasteiger partial charge >= 0.3 is 6.29 Å². The average molecular weight is 468 g/mol. The van der Waals surface area contributed by atoms with E-state index in [1.165, 1.54) is 31.3 Å². The van der Waals surface area contributed by atoms with Gasteiger partial charge in [-0.25, -0.2) is 0 Å². The molecule has 2 aliphatic rings. The number of carbonyl (C=O) groups excluding carboxylic acids is 2. The van der Waals surface area contributed by atoms with Gasteiger partial charge in [0.1, 0.15) is 5.78 Å². The number of fused-ring (bicyclic) bond motifs is 1. The summed E-state index contributed by atoms with van der Waals surface area (Å²) in [4.78, 5) is 44.1. The van der Waals surface area contributed by atoms with E-state index in [9.17, 15) is 23.2 Å². The summed E-state index contributed by atoms with van der Waals surface area (Å²) in [6.45, 7) is 3.16. The fourth-order valence-corrected chi connectivity index (χ4v) is 4.28. The zero-order valence-corrected chi connectivity index (χ0v) is 18.4. The van der Waals surface area contributed by atoms with Crippen LogP contribution in [0.25, 0.3) is 11.3 Å². The molecule has 0 unspecified atom stereocenters. The first kappa shape index (κ1) is 21.9. The minimum Gasteiger partial charge on any atom is -0.395 e. The SMILES string of the molecule is CC(=O)c1cc(-c2nc(CC(=O)C3(c4ccc5c(c4)OC(F)(F)O5)CC3)ccc2C)c[nH]c1=O.[HH]. The maximum absolute atomic E-state index is 13.4. The summed E-state index contributed by atoms with van der Waals surface area (Å²) < 4.78 is 35.7. The quantitative estimate of drug-likeness (QED) is 0.540. The molecule has 0 radical (unpaired) electrons. The number of pyridine rings is 2. The molecule has 1 aliphatic carbocycles. The number of rotatable bonds is 6. The van der Waals surface area contributed by atoms with Gasteiger partial charge in [0, 0.05) is 25.3 Å². The van der Waals surface area contributed by atoms with Crippen LogP contribution < -0.4 is 15.0 Å². The van der Waals surface area contributed by atoms with Crippen molar-refractivity contribution in [1.82, 2.24) is 9.97 Å². The van der Waals surface area contributed by atoms with Crippen LogP contribution in [0.5, 0.6) is 11.5 Å². The van der Waals surface area contributed by atoms with E-state index in [4.69, 9.17) is 0 Å². The smallest absolute Gasteiger partial charge is 0.395 e. The molecule has 7 nitrogen and oxygen atoms in total. The van der Waals surface area contributed by atoms with Crippen LogP contribution in [0.3, 0.4) is 0 Å². The van der Waals surface area contributed by atoms with E-state index in [0.29, 0.717) is 35.4 Å². The van der Waals surface area contributed by atoms with Crippen molar-refractivity contribution in [3.05, 3.63) is 75.3 Å². The lowest BCUT2D eigenvalue weighted by Gasteiger charge is -2.15. The Kier molecular flexibility index (Phi) is 4.89. The summed E-state index contributed by atoms with van der Waals surface area (Å²) >= 11 is 0. The second kappa shape index (κ2) is 7.58. The Hall–Kier alpha value is -3.88. The fourth-order valence-electron chi connectivity index (χ4n) is 4.28. The number of carbonyl (C=O) groups is 2. The Bertz CT molecular complexity index is 1420. The Morgan fingerprint density at radius 1 is 1.12 bits per heavy atom. The molecule has 1 N–H and O–H groups in total. The van der Waals surface area contributed by atoms with Gasteiger partial charge in [0.2, 0.25) is 0 Å². The second-order valence-corrected chi connectivity index (χ2v) is 8.67. The lowest BCUT2D eigenvalue weighted by molar-refractivity contribution is -0.286. The van der Waals surface area contributed by atoms with Gasteiger partial charge in [-0.2, -0.15) is 0 Å². The first-order valence-electron chi connectivity index (χ1n) is 10.7. The normalized spacial score (nSPS) is 16.8. The van der Waals surface area contributed by atoms with Crippen LogP contribution in [-0.2, 0) is 16.6 Å². The van der Waals surface area contributed by atoms with Crippen molar-refractivity contribution in [3.63, 3.8) is 0 Å². The van der Waals surface area contributed by atoms with Crippen molar-refractivity contribution in [1.29, 1.82) is 0 Å². The molecule has 1 aromatic carbocycles. The number of hydrogen-bond acceptors (Lipinski definition) is 6. The number of ether oxygens (including phenoxy) is 2. The highest BCUT2D eigenvalue weighted by atomic mass is 19.3. The first-order valence-corrected chi connectivity index (χ1v) is 10.7. The molecule has 0 bridgehead atoms. The summed E-state index contributed by atoms with van der Waals surface area (Å²) in [6.07, 6.45) is -0.986. The van der Waals surface area contributed by atoms with Crippen molar-refractivity contribution in [2.45, 2.75) is 44.8 Å².